The van der Waals surface area contributed by atoms with E-state index in [0.717, 1.165) is 24.4 Å². The van der Waals surface area contributed by atoms with Crippen LogP contribution in [0, 0.1) is 18.3 Å². The third-order valence-corrected chi connectivity index (χ3v) is 3.22. The molecule has 0 aromatic carbocycles. The smallest absolute Gasteiger partial charge is 0.130 e. The second-order valence-corrected chi connectivity index (χ2v) is 4.47. The van der Waals surface area contributed by atoms with E-state index in [1.807, 2.05) is 6.92 Å². The third-order valence-electron chi connectivity index (χ3n) is 3.22. The molecular formula is C13H17N3O. The molecule has 0 amide bonds. The Balaban J connectivity index is 2.28. The van der Waals surface area contributed by atoms with Crippen LogP contribution < -0.4 is 4.90 Å². The third kappa shape index (κ3) is 2.56. The first-order valence-electron chi connectivity index (χ1n) is 6.01. The van der Waals surface area contributed by atoms with E-state index < -0.39 is 0 Å². The van der Waals surface area contributed by atoms with Gasteiger partial charge in [-0.3, -0.25) is 0 Å². The molecule has 4 nitrogen and oxygen atoms in total. The summed E-state index contributed by atoms with van der Waals surface area (Å²) in [6.07, 6.45) is 3.54. The Morgan fingerprint density at radius 3 is 2.82 bits per heavy atom. The minimum absolute atomic E-state index is 0.119. The maximum atomic E-state index is 9.13. The van der Waals surface area contributed by atoms with Crippen LogP contribution in [0.3, 0.4) is 0 Å². The quantitative estimate of drug-likeness (QED) is 0.855. The highest BCUT2D eigenvalue weighted by molar-refractivity contribution is 5.47. The predicted molar refractivity (Wildman–Crippen MR) is 65.8 cm³/mol. The average Bonchev–Trinajstić information content (AvgIpc) is 2.25. The zero-order chi connectivity index (χ0) is 12.3. The second kappa shape index (κ2) is 5.15. The summed E-state index contributed by atoms with van der Waals surface area (Å²) >= 11 is 0. The van der Waals surface area contributed by atoms with Crippen LogP contribution in [0.15, 0.2) is 12.1 Å². The summed E-state index contributed by atoms with van der Waals surface area (Å²) in [7, 11) is 0. The lowest BCUT2D eigenvalue weighted by Gasteiger charge is -2.38. The molecule has 0 atom stereocenters. The fourth-order valence-electron chi connectivity index (χ4n) is 2.15. The molecule has 0 bridgehead atoms. The number of nitrogens with zero attached hydrogens (tertiary/aromatic N) is 3. The molecule has 1 saturated carbocycles. The van der Waals surface area contributed by atoms with Crippen molar-refractivity contribution in [2.24, 2.45) is 0 Å². The molecule has 0 aliphatic heterocycles. The van der Waals surface area contributed by atoms with Gasteiger partial charge in [0.1, 0.15) is 5.82 Å². The van der Waals surface area contributed by atoms with Gasteiger partial charge < -0.3 is 10.0 Å². The van der Waals surface area contributed by atoms with Crippen molar-refractivity contribution in [2.75, 3.05) is 18.1 Å². The number of aromatic nitrogens is 1. The highest BCUT2D eigenvalue weighted by Crippen LogP contribution is 2.28. The van der Waals surface area contributed by atoms with Crippen molar-refractivity contribution in [1.82, 2.24) is 4.98 Å². The fraction of sp³-hybridized carbons (Fsp3) is 0.538. The molecule has 90 valence electrons. The van der Waals surface area contributed by atoms with Crippen molar-refractivity contribution in [2.45, 2.75) is 32.2 Å². The topological polar surface area (TPSA) is 60.2 Å². The molecule has 1 N–H and O–H groups in total. The highest BCUT2D eigenvalue weighted by Gasteiger charge is 2.25. The Bertz CT molecular complexity index is 435. The molecule has 1 heterocycles. The van der Waals surface area contributed by atoms with Gasteiger partial charge in [-0.15, -0.1) is 0 Å². The Hall–Kier alpha value is -1.60. The number of aliphatic hydroxyl groups is 1. The van der Waals surface area contributed by atoms with Crippen LogP contribution >= 0.6 is 0 Å². The fourth-order valence-corrected chi connectivity index (χ4v) is 2.15. The molecule has 1 aromatic rings. The SMILES string of the molecule is Cc1cc(C#N)cc(N(CCO)C2CCC2)n1. The van der Waals surface area contributed by atoms with Gasteiger partial charge in [-0.05, 0) is 38.3 Å². The summed E-state index contributed by atoms with van der Waals surface area (Å²) in [5.41, 5.74) is 1.48. The number of hydrogen-bond donors (Lipinski definition) is 1. The zero-order valence-corrected chi connectivity index (χ0v) is 10.1. The maximum Gasteiger partial charge on any atom is 0.130 e. The second-order valence-electron chi connectivity index (χ2n) is 4.47. The molecule has 1 aliphatic rings. The summed E-state index contributed by atoms with van der Waals surface area (Å²) < 4.78 is 0. The van der Waals surface area contributed by atoms with Crippen LogP contribution in [0.5, 0.6) is 0 Å². The van der Waals surface area contributed by atoms with Gasteiger partial charge in [0, 0.05) is 18.3 Å². The average molecular weight is 231 g/mol. The molecule has 17 heavy (non-hydrogen) atoms. The number of rotatable bonds is 4. The van der Waals surface area contributed by atoms with Gasteiger partial charge in [0.25, 0.3) is 0 Å². The predicted octanol–water partition coefficient (Wildman–Crippen LogP) is 1.61. The summed E-state index contributed by atoms with van der Waals surface area (Å²) in [6.45, 7) is 2.60. The van der Waals surface area contributed by atoms with Crippen molar-refractivity contribution in [3.05, 3.63) is 23.4 Å². The first kappa shape index (κ1) is 11.9. The number of pyridine rings is 1. The molecule has 0 radical (unpaired) electrons. The summed E-state index contributed by atoms with van der Waals surface area (Å²) in [5.74, 6) is 0.820. The highest BCUT2D eigenvalue weighted by atomic mass is 16.3. The van der Waals surface area contributed by atoms with Gasteiger partial charge in [-0.1, -0.05) is 0 Å². The van der Waals surface area contributed by atoms with Crippen LogP contribution in [0.2, 0.25) is 0 Å². The first-order valence-corrected chi connectivity index (χ1v) is 6.01. The Kier molecular flexibility index (Phi) is 3.60. The van der Waals surface area contributed by atoms with E-state index in [4.69, 9.17) is 10.4 Å². The summed E-state index contributed by atoms with van der Waals surface area (Å²) in [6, 6.07) is 6.21. The van der Waals surface area contributed by atoms with Crippen LogP contribution in [-0.2, 0) is 0 Å². The molecule has 0 saturated heterocycles. The maximum absolute atomic E-state index is 9.13. The van der Waals surface area contributed by atoms with Crippen molar-refractivity contribution in [3.63, 3.8) is 0 Å². The van der Waals surface area contributed by atoms with Gasteiger partial charge in [0.15, 0.2) is 0 Å². The Morgan fingerprint density at radius 1 is 1.53 bits per heavy atom. The molecular weight excluding hydrogens is 214 g/mol. The summed E-state index contributed by atoms with van der Waals surface area (Å²) in [5, 5.41) is 18.1. The lowest BCUT2D eigenvalue weighted by molar-refractivity contribution is 0.283. The van der Waals surface area contributed by atoms with Crippen LogP contribution in [0.4, 0.5) is 5.82 Å². The van der Waals surface area contributed by atoms with Crippen molar-refractivity contribution < 1.29 is 5.11 Å². The summed E-state index contributed by atoms with van der Waals surface area (Å²) in [4.78, 5) is 6.59. The van der Waals surface area contributed by atoms with Gasteiger partial charge in [-0.25, -0.2) is 4.98 Å². The molecule has 1 aliphatic carbocycles. The van der Waals surface area contributed by atoms with E-state index in [1.165, 1.54) is 6.42 Å². The van der Waals surface area contributed by atoms with Gasteiger partial charge in [0.05, 0.1) is 18.2 Å². The number of anilines is 1. The van der Waals surface area contributed by atoms with Crippen LogP contribution in [0.1, 0.15) is 30.5 Å². The van der Waals surface area contributed by atoms with E-state index in [1.54, 1.807) is 12.1 Å². The minimum atomic E-state index is 0.119. The van der Waals surface area contributed by atoms with Crippen molar-refractivity contribution >= 4 is 5.82 Å². The normalized spacial score (nSPS) is 15.1. The van der Waals surface area contributed by atoms with Gasteiger partial charge >= 0.3 is 0 Å². The van der Waals surface area contributed by atoms with Crippen LogP contribution in [-0.4, -0.2) is 29.3 Å². The molecule has 0 spiro atoms. The molecule has 4 heteroatoms. The Morgan fingerprint density at radius 2 is 2.29 bits per heavy atom. The first-order chi connectivity index (χ1) is 8.24. The molecule has 2 rings (SSSR count). The van der Waals surface area contributed by atoms with Crippen LogP contribution in [0.25, 0.3) is 0 Å². The van der Waals surface area contributed by atoms with Crippen molar-refractivity contribution in [3.8, 4) is 6.07 Å². The largest absolute Gasteiger partial charge is 0.395 e. The minimum Gasteiger partial charge on any atom is -0.395 e. The monoisotopic (exact) mass is 231 g/mol. The molecule has 1 fully saturated rings. The van der Waals surface area contributed by atoms with E-state index >= 15 is 0 Å². The number of hydrogen-bond acceptors (Lipinski definition) is 4. The lowest BCUT2D eigenvalue weighted by Crippen LogP contribution is -2.42. The van der Waals surface area contributed by atoms with Gasteiger partial charge in [0.2, 0.25) is 0 Å². The van der Waals surface area contributed by atoms with Crippen molar-refractivity contribution in [1.29, 1.82) is 5.26 Å². The molecule has 0 unspecified atom stereocenters. The number of aryl methyl sites for hydroxylation is 1. The van der Waals surface area contributed by atoms with E-state index in [0.29, 0.717) is 18.2 Å². The Labute approximate surface area is 102 Å². The number of nitriles is 1. The number of aliphatic hydroxyl groups excluding tert-OH is 1. The lowest BCUT2D eigenvalue weighted by atomic mass is 9.91. The van der Waals surface area contributed by atoms with E-state index in [-0.39, 0.29) is 6.61 Å². The zero-order valence-electron chi connectivity index (χ0n) is 10.1. The molecule has 1 aromatic heterocycles. The van der Waals surface area contributed by atoms with Gasteiger partial charge in [-0.2, -0.15) is 5.26 Å². The van der Waals surface area contributed by atoms with E-state index in [2.05, 4.69) is 16.0 Å². The van der Waals surface area contributed by atoms with E-state index in [9.17, 15) is 0 Å². The standard InChI is InChI=1S/C13H17N3O/c1-10-7-11(9-14)8-13(15-10)16(5-6-17)12-3-2-4-12/h7-8,12,17H,2-6H2,1H3.